The summed E-state index contributed by atoms with van der Waals surface area (Å²) >= 11 is 0. The highest BCUT2D eigenvalue weighted by Gasteiger charge is 2.60. The first-order valence-corrected chi connectivity index (χ1v) is 14.8. The summed E-state index contributed by atoms with van der Waals surface area (Å²) in [5.74, 6) is 1.78. The number of alkyl carbamates (subject to hydrolysis) is 1. The minimum atomic E-state index is -0.307. The molecule has 0 saturated heterocycles. The van der Waals surface area contributed by atoms with Gasteiger partial charge in [0.25, 0.3) is 0 Å². The first-order chi connectivity index (χ1) is 18.8. The van der Waals surface area contributed by atoms with Crippen LogP contribution in [-0.4, -0.2) is 24.1 Å². The number of carbonyl (C=O) groups excluding carboxylic acids is 2. The van der Waals surface area contributed by atoms with Crippen molar-refractivity contribution in [3.8, 4) is 0 Å². The number of rotatable bonds is 5. The highest BCUT2D eigenvalue weighted by molar-refractivity contribution is 5.89. The molecule has 5 nitrogen and oxygen atoms in total. The average Bonchev–Trinajstić information content (AvgIpc) is 3.26. The number of ether oxygens (including phenoxy) is 1. The minimum absolute atomic E-state index is 0.00251. The summed E-state index contributed by atoms with van der Waals surface area (Å²) in [6.07, 6.45) is 10.7. The lowest BCUT2D eigenvalue weighted by Gasteiger charge is -2.58. The molecule has 5 heteroatoms. The van der Waals surface area contributed by atoms with Crippen LogP contribution < -0.4 is 10.6 Å². The monoisotopic (exact) mass is 526 g/mol. The molecule has 1 heterocycles. The van der Waals surface area contributed by atoms with Gasteiger partial charge in [-0.3, -0.25) is 4.79 Å². The molecule has 2 aromatic carbocycles. The molecular weight excluding hydrogens is 484 g/mol. The Morgan fingerprint density at radius 1 is 1.00 bits per heavy atom. The molecule has 0 radical (unpaired) electrons. The van der Waals surface area contributed by atoms with Crippen molar-refractivity contribution >= 4 is 12.0 Å². The summed E-state index contributed by atoms with van der Waals surface area (Å²) in [5.41, 5.74) is 3.53. The van der Waals surface area contributed by atoms with E-state index in [1.807, 2.05) is 18.2 Å². The van der Waals surface area contributed by atoms with E-state index in [2.05, 4.69) is 73.9 Å². The molecule has 3 fully saturated rings. The highest BCUT2D eigenvalue weighted by atomic mass is 16.6. The van der Waals surface area contributed by atoms with Crippen molar-refractivity contribution < 1.29 is 14.3 Å². The van der Waals surface area contributed by atoms with Crippen LogP contribution in [0.2, 0.25) is 0 Å². The van der Waals surface area contributed by atoms with E-state index in [0.29, 0.717) is 17.8 Å². The third-order valence-electron chi connectivity index (χ3n) is 10.9. The fraction of sp³-hybridized carbons (Fsp3) is 0.529. The zero-order valence-electron chi connectivity index (χ0n) is 23.5. The molecular formula is C34H42N2O3. The lowest BCUT2D eigenvalue weighted by molar-refractivity contribution is -0.123. The Labute approximate surface area is 232 Å². The van der Waals surface area contributed by atoms with Crippen molar-refractivity contribution in [2.24, 2.45) is 28.6 Å². The predicted molar refractivity (Wildman–Crippen MR) is 153 cm³/mol. The van der Waals surface area contributed by atoms with Crippen molar-refractivity contribution in [3.63, 3.8) is 0 Å². The molecule has 39 heavy (non-hydrogen) atoms. The summed E-state index contributed by atoms with van der Waals surface area (Å²) in [6.45, 7) is 6.81. The van der Waals surface area contributed by atoms with Gasteiger partial charge >= 0.3 is 6.09 Å². The van der Waals surface area contributed by atoms with Gasteiger partial charge in [0.2, 0.25) is 5.91 Å². The van der Waals surface area contributed by atoms with Gasteiger partial charge in [0.05, 0.1) is 6.04 Å². The van der Waals surface area contributed by atoms with Crippen LogP contribution in [0, 0.1) is 35.5 Å². The molecule has 3 aliphatic carbocycles. The van der Waals surface area contributed by atoms with E-state index in [9.17, 15) is 9.59 Å². The minimum Gasteiger partial charge on any atom is -0.446 e. The van der Waals surface area contributed by atoms with Crippen LogP contribution in [0.15, 0.2) is 66.7 Å². The quantitative estimate of drug-likeness (QED) is 0.457. The third kappa shape index (κ3) is 4.79. The average molecular weight is 527 g/mol. The molecule has 8 atom stereocenters. The topological polar surface area (TPSA) is 67.4 Å². The fourth-order valence-electron chi connectivity index (χ4n) is 8.68. The molecule has 4 aliphatic rings. The van der Waals surface area contributed by atoms with Crippen LogP contribution in [-0.2, 0) is 16.0 Å². The van der Waals surface area contributed by atoms with Gasteiger partial charge in [-0.25, -0.2) is 4.79 Å². The molecule has 206 valence electrons. The Morgan fingerprint density at radius 3 is 2.54 bits per heavy atom. The van der Waals surface area contributed by atoms with E-state index in [1.54, 1.807) is 6.08 Å². The Hall–Kier alpha value is -3.08. The number of hydrogen-bond donors (Lipinski definition) is 2. The van der Waals surface area contributed by atoms with Gasteiger partial charge in [-0.1, -0.05) is 80.1 Å². The number of carbonyl (C=O) groups is 2. The molecule has 1 aliphatic heterocycles. The number of fused-ring (bicyclic) bond motifs is 5. The van der Waals surface area contributed by atoms with E-state index in [-0.39, 0.29) is 41.0 Å². The Kier molecular flexibility index (Phi) is 6.81. The molecule has 3 saturated carbocycles. The second-order valence-corrected chi connectivity index (χ2v) is 13.0. The maximum atomic E-state index is 13.4. The first-order valence-electron chi connectivity index (χ1n) is 14.8. The number of aryl methyl sites for hydroxylation is 1. The van der Waals surface area contributed by atoms with Crippen LogP contribution in [0.3, 0.4) is 0 Å². The predicted octanol–water partition coefficient (Wildman–Crippen LogP) is 6.67. The smallest absolute Gasteiger partial charge is 0.407 e. The molecule has 2 N–H and O–H groups in total. The zero-order chi connectivity index (χ0) is 27.2. The standard InChI is InChI=1S/C34H42N2O3/c1-22-9-11-23(12-10-22)21-28(24-7-5-4-6-8-24)35-32(38)39-30-16-14-26-25-13-15-29-33(2,20-18-31(37)36-29)27(25)17-19-34(26,30)3/h4-12,18,20,25-30H,13-17,19,21H2,1-3H3,(H,35,38)(H,36,37)/t25-,26-,27-,28?,29+,30-,33+,34-/m0/s1. The van der Waals surface area contributed by atoms with Crippen molar-refractivity contribution in [1.29, 1.82) is 0 Å². The summed E-state index contributed by atoms with van der Waals surface area (Å²) < 4.78 is 6.30. The Bertz CT molecular complexity index is 1240. The van der Waals surface area contributed by atoms with Crippen molar-refractivity contribution in [2.75, 3.05) is 0 Å². The second kappa shape index (κ2) is 10.1. The Morgan fingerprint density at radius 2 is 1.77 bits per heavy atom. The van der Waals surface area contributed by atoms with Gasteiger partial charge < -0.3 is 15.4 Å². The lowest BCUT2D eigenvalue weighted by atomic mass is 9.48. The fourth-order valence-corrected chi connectivity index (χ4v) is 8.68. The molecule has 6 rings (SSSR count). The SMILES string of the molecule is Cc1ccc(CC(NC(=O)O[C@H]2CC[C@H]3[C@@H]4CC[C@H]5NC(=O)C=C[C@]5(C)[C@H]4CC[C@]23C)c2ccccc2)cc1. The van der Waals surface area contributed by atoms with Crippen LogP contribution in [0.25, 0.3) is 0 Å². The van der Waals surface area contributed by atoms with E-state index in [1.165, 1.54) is 11.1 Å². The second-order valence-electron chi connectivity index (χ2n) is 13.0. The van der Waals surface area contributed by atoms with Gasteiger partial charge in [-0.05, 0) is 86.8 Å². The van der Waals surface area contributed by atoms with Gasteiger partial charge in [0.1, 0.15) is 6.10 Å². The summed E-state index contributed by atoms with van der Waals surface area (Å²) in [7, 11) is 0. The molecule has 2 aromatic rings. The largest absolute Gasteiger partial charge is 0.446 e. The van der Waals surface area contributed by atoms with Crippen LogP contribution >= 0.6 is 0 Å². The lowest BCUT2D eigenvalue weighted by Crippen LogP contribution is -2.59. The Balaban J connectivity index is 1.15. The zero-order valence-corrected chi connectivity index (χ0v) is 23.5. The molecule has 2 amide bonds. The van der Waals surface area contributed by atoms with Crippen LogP contribution in [0.1, 0.15) is 75.1 Å². The normalized spacial score (nSPS) is 35.7. The van der Waals surface area contributed by atoms with E-state index in [4.69, 9.17) is 4.74 Å². The van der Waals surface area contributed by atoms with Crippen molar-refractivity contribution in [1.82, 2.24) is 10.6 Å². The maximum absolute atomic E-state index is 13.4. The molecule has 1 unspecified atom stereocenters. The van der Waals surface area contributed by atoms with Gasteiger partial charge in [0, 0.05) is 16.9 Å². The summed E-state index contributed by atoms with van der Waals surface area (Å²) in [4.78, 5) is 25.4. The number of benzene rings is 2. The van der Waals surface area contributed by atoms with E-state index < -0.39 is 0 Å². The highest BCUT2D eigenvalue weighted by Crippen LogP contribution is 2.63. The summed E-state index contributed by atoms with van der Waals surface area (Å²) in [5, 5.41) is 6.47. The van der Waals surface area contributed by atoms with E-state index >= 15 is 0 Å². The van der Waals surface area contributed by atoms with Gasteiger partial charge in [-0.15, -0.1) is 0 Å². The summed E-state index contributed by atoms with van der Waals surface area (Å²) in [6, 6.07) is 18.8. The van der Waals surface area contributed by atoms with Gasteiger partial charge in [0.15, 0.2) is 0 Å². The maximum Gasteiger partial charge on any atom is 0.407 e. The molecule has 0 aromatic heterocycles. The third-order valence-corrected chi connectivity index (χ3v) is 10.9. The van der Waals surface area contributed by atoms with Crippen molar-refractivity contribution in [3.05, 3.63) is 83.4 Å². The van der Waals surface area contributed by atoms with Crippen LogP contribution in [0.4, 0.5) is 4.79 Å². The number of amides is 2. The number of nitrogens with one attached hydrogen (secondary N) is 2. The molecule has 0 spiro atoms. The van der Waals surface area contributed by atoms with Crippen LogP contribution in [0.5, 0.6) is 0 Å². The first kappa shape index (κ1) is 26.2. The van der Waals surface area contributed by atoms with Gasteiger partial charge in [-0.2, -0.15) is 0 Å². The van der Waals surface area contributed by atoms with Crippen molar-refractivity contribution in [2.45, 2.75) is 83.9 Å². The molecule has 0 bridgehead atoms. The van der Waals surface area contributed by atoms with E-state index in [0.717, 1.165) is 50.5 Å². The number of hydrogen-bond acceptors (Lipinski definition) is 3.